The Morgan fingerprint density at radius 2 is 1.86 bits per heavy atom. The van der Waals surface area contributed by atoms with Crippen LogP contribution in [0.4, 0.5) is 11.4 Å². The van der Waals surface area contributed by atoms with E-state index in [1.165, 1.54) is 0 Å². The van der Waals surface area contributed by atoms with Crippen LogP contribution in [0.25, 0.3) is 0 Å². The maximum absolute atomic E-state index is 12.4. The highest BCUT2D eigenvalue weighted by molar-refractivity contribution is 9.10. The first-order chi connectivity index (χ1) is 10.5. The molecule has 0 unspecified atom stereocenters. The first-order valence-electron chi connectivity index (χ1n) is 7.30. The largest absolute Gasteiger partial charge is 0.320 e. The van der Waals surface area contributed by atoms with Crippen LogP contribution in [0.2, 0.25) is 0 Å². The Labute approximate surface area is 138 Å². The summed E-state index contributed by atoms with van der Waals surface area (Å²) in [6.07, 6.45) is 0.860. The van der Waals surface area contributed by atoms with Crippen molar-refractivity contribution in [2.75, 3.05) is 5.32 Å². The highest BCUT2D eigenvalue weighted by Gasteiger charge is 2.28. The number of fused-ring (bicyclic) bond motifs is 1. The Morgan fingerprint density at radius 1 is 1.18 bits per heavy atom. The maximum atomic E-state index is 12.4. The summed E-state index contributed by atoms with van der Waals surface area (Å²) < 4.78 is 0.966. The number of benzene rings is 2. The number of anilines is 1. The van der Waals surface area contributed by atoms with Crippen LogP contribution in [-0.2, 0) is 11.2 Å². The Hall–Kier alpha value is -1.94. The molecule has 1 heterocycles. The van der Waals surface area contributed by atoms with Gasteiger partial charge in [-0.2, -0.15) is 0 Å². The normalized spacial score (nSPS) is 15.1. The number of hydrogen-bond donors (Lipinski definition) is 1. The predicted octanol–water partition coefficient (Wildman–Crippen LogP) is 4.70. The number of aliphatic imine (C=N–C) groups is 1. The topological polar surface area (TPSA) is 41.5 Å². The summed E-state index contributed by atoms with van der Waals surface area (Å²) in [6, 6.07) is 10.0. The van der Waals surface area contributed by atoms with Gasteiger partial charge in [-0.15, -0.1) is 0 Å². The van der Waals surface area contributed by atoms with Gasteiger partial charge >= 0.3 is 0 Å². The van der Waals surface area contributed by atoms with Gasteiger partial charge in [-0.3, -0.25) is 4.79 Å². The molecule has 1 N–H and O–H groups in total. The van der Waals surface area contributed by atoms with Crippen LogP contribution in [0.15, 0.2) is 39.8 Å². The van der Waals surface area contributed by atoms with Gasteiger partial charge in [0.2, 0.25) is 0 Å². The predicted molar refractivity (Wildman–Crippen MR) is 94.3 cm³/mol. The van der Waals surface area contributed by atoms with Crippen LogP contribution in [-0.4, -0.2) is 11.6 Å². The van der Waals surface area contributed by atoms with E-state index in [0.29, 0.717) is 5.71 Å². The number of nitrogens with one attached hydrogen (secondary N) is 1. The molecule has 4 heteroatoms. The maximum Gasteiger partial charge on any atom is 0.275 e. The molecule has 3 nitrogen and oxygen atoms in total. The first-order valence-corrected chi connectivity index (χ1v) is 8.09. The minimum atomic E-state index is -0.134. The molecule has 0 fully saturated rings. The third kappa shape index (κ3) is 2.48. The molecule has 0 bridgehead atoms. The minimum Gasteiger partial charge on any atom is -0.320 e. The molecule has 0 aromatic heterocycles. The van der Waals surface area contributed by atoms with Crippen molar-refractivity contribution in [3.8, 4) is 0 Å². The Bertz CT molecular complexity index is 789. The van der Waals surface area contributed by atoms with Gasteiger partial charge in [-0.25, -0.2) is 4.99 Å². The number of hydrogen-bond acceptors (Lipinski definition) is 2. The van der Waals surface area contributed by atoms with Gasteiger partial charge in [-0.1, -0.05) is 41.1 Å². The van der Waals surface area contributed by atoms with Crippen molar-refractivity contribution in [1.82, 2.24) is 0 Å². The molecular formula is C18H17BrN2O. The van der Waals surface area contributed by atoms with Crippen LogP contribution in [0.5, 0.6) is 0 Å². The van der Waals surface area contributed by atoms with Gasteiger partial charge in [0, 0.05) is 10.0 Å². The number of aryl methyl sites for hydroxylation is 3. The molecule has 0 saturated carbocycles. The fourth-order valence-electron chi connectivity index (χ4n) is 2.78. The summed E-state index contributed by atoms with van der Waals surface area (Å²) in [5.41, 5.74) is 6.38. The second-order valence-electron chi connectivity index (χ2n) is 5.50. The fraction of sp³-hybridized carbons (Fsp3) is 0.222. The summed E-state index contributed by atoms with van der Waals surface area (Å²) in [6.45, 7) is 6.10. The second kappa shape index (κ2) is 5.69. The third-order valence-electron chi connectivity index (χ3n) is 3.94. The van der Waals surface area contributed by atoms with E-state index in [9.17, 15) is 4.79 Å². The molecule has 22 heavy (non-hydrogen) atoms. The number of carbonyl (C=O) groups is 1. The van der Waals surface area contributed by atoms with E-state index in [1.807, 2.05) is 44.2 Å². The molecule has 2 aromatic rings. The standard InChI is InChI=1S/C18H17BrN2O/c1-4-12-8-13(19)9-14-16(12)21-18(22)17(14)20-15-10(2)6-5-7-11(15)3/h5-9H,4H2,1-3H3,(H,20,21,22). The summed E-state index contributed by atoms with van der Waals surface area (Å²) in [5.74, 6) is -0.134. The van der Waals surface area contributed by atoms with E-state index in [0.717, 1.165) is 44.5 Å². The fourth-order valence-corrected chi connectivity index (χ4v) is 3.28. The minimum absolute atomic E-state index is 0.134. The van der Waals surface area contributed by atoms with Gasteiger partial charge in [0.25, 0.3) is 5.91 Å². The Morgan fingerprint density at radius 3 is 2.50 bits per heavy atom. The van der Waals surface area contributed by atoms with E-state index in [1.54, 1.807) is 0 Å². The van der Waals surface area contributed by atoms with Crippen molar-refractivity contribution in [3.63, 3.8) is 0 Å². The molecule has 1 aliphatic heterocycles. The Balaban J connectivity index is 2.21. The SMILES string of the molecule is CCc1cc(Br)cc2c1NC(=O)C2=Nc1c(C)cccc1C. The zero-order chi connectivity index (χ0) is 15.9. The molecule has 0 saturated heterocycles. The number of nitrogens with zero attached hydrogens (tertiary/aromatic N) is 1. The van der Waals surface area contributed by atoms with Crippen LogP contribution < -0.4 is 5.32 Å². The monoisotopic (exact) mass is 356 g/mol. The van der Waals surface area contributed by atoms with Gasteiger partial charge in [-0.05, 0) is 49.1 Å². The number of halogens is 1. The number of para-hydroxylation sites is 1. The van der Waals surface area contributed by atoms with Crippen molar-refractivity contribution in [2.24, 2.45) is 4.99 Å². The lowest BCUT2D eigenvalue weighted by Crippen LogP contribution is -2.14. The average molecular weight is 357 g/mol. The molecule has 0 atom stereocenters. The zero-order valence-corrected chi connectivity index (χ0v) is 14.4. The summed E-state index contributed by atoms with van der Waals surface area (Å²) >= 11 is 3.52. The van der Waals surface area contributed by atoms with Gasteiger partial charge in [0.1, 0.15) is 5.71 Å². The number of rotatable bonds is 2. The lowest BCUT2D eigenvalue weighted by Gasteiger charge is -2.07. The van der Waals surface area contributed by atoms with Crippen LogP contribution in [0, 0.1) is 13.8 Å². The first kappa shape index (κ1) is 15.0. The molecule has 112 valence electrons. The quantitative estimate of drug-likeness (QED) is 0.832. The molecular weight excluding hydrogens is 340 g/mol. The van der Waals surface area contributed by atoms with E-state index < -0.39 is 0 Å². The van der Waals surface area contributed by atoms with E-state index >= 15 is 0 Å². The molecule has 1 aliphatic rings. The van der Waals surface area contributed by atoms with Gasteiger partial charge < -0.3 is 5.32 Å². The Kier molecular flexibility index (Phi) is 3.87. The van der Waals surface area contributed by atoms with Crippen molar-refractivity contribution >= 4 is 38.9 Å². The molecule has 0 radical (unpaired) electrons. The smallest absolute Gasteiger partial charge is 0.275 e. The van der Waals surface area contributed by atoms with Crippen molar-refractivity contribution in [1.29, 1.82) is 0 Å². The van der Waals surface area contributed by atoms with Crippen LogP contribution in [0.3, 0.4) is 0 Å². The lowest BCUT2D eigenvalue weighted by molar-refractivity contribution is -0.110. The average Bonchev–Trinajstić information content (AvgIpc) is 2.78. The van der Waals surface area contributed by atoms with E-state index in [2.05, 4.69) is 33.2 Å². The molecule has 2 aromatic carbocycles. The van der Waals surface area contributed by atoms with Crippen LogP contribution >= 0.6 is 15.9 Å². The lowest BCUT2D eigenvalue weighted by atomic mass is 10.0. The molecule has 0 spiro atoms. The van der Waals surface area contributed by atoms with Gasteiger partial charge in [0.05, 0.1) is 11.4 Å². The summed E-state index contributed by atoms with van der Waals surface area (Å²) in [4.78, 5) is 17.1. The third-order valence-corrected chi connectivity index (χ3v) is 4.40. The van der Waals surface area contributed by atoms with Crippen molar-refractivity contribution in [2.45, 2.75) is 27.2 Å². The highest BCUT2D eigenvalue weighted by Crippen LogP contribution is 2.34. The summed E-state index contributed by atoms with van der Waals surface area (Å²) in [7, 11) is 0. The second-order valence-corrected chi connectivity index (χ2v) is 6.41. The van der Waals surface area contributed by atoms with Crippen molar-refractivity contribution < 1.29 is 4.79 Å². The molecule has 3 rings (SSSR count). The van der Waals surface area contributed by atoms with Gasteiger partial charge in [0.15, 0.2) is 0 Å². The van der Waals surface area contributed by atoms with E-state index in [-0.39, 0.29) is 5.91 Å². The molecule has 1 amide bonds. The van der Waals surface area contributed by atoms with E-state index in [4.69, 9.17) is 0 Å². The number of amides is 1. The highest BCUT2D eigenvalue weighted by atomic mass is 79.9. The van der Waals surface area contributed by atoms with Crippen LogP contribution in [0.1, 0.15) is 29.2 Å². The number of carbonyl (C=O) groups excluding carboxylic acids is 1. The zero-order valence-electron chi connectivity index (χ0n) is 12.8. The molecule has 0 aliphatic carbocycles. The summed E-state index contributed by atoms with van der Waals surface area (Å²) in [5, 5.41) is 2.96. The van der Waals surface area contributed by atoms with Crippen molar-refractivity contribution in [3.05, 3.63) is 57.1 Å².